The summed E-state index contributed by atoms with van der Waals surface area (Å²) in [7, 11) is 0. The van der Waals surface area contributed by atoms with Gasteiger partial charge in [0.05, 0.1) is 25.1 Å². The van der Waals surface area contributed by atoms with E-state index in [0.717, 1.165) is 0 Å². The number of nitrogens with zero attached hydrogens (tertiary/aromatic N) is 2. The molecule has 0 saturated heterocycles. The number of carboxylic acids is 1. The van der Waals surface area contributed by atoms with E-state index in [-0.39, 0.29) is 25.3 Å². The van der Waals surface area contributed by atoms with Crippen LogP contribution in [0, 0.1) is 0 Å². The van der Waals surface area contributed by atoms with E-state index in [2.05, 4.69) is 30.9 Å². The van der Waals surface area contributed by atoms with Crippen molar-refractivity contribution in [2.75, 3.05) is 13.2 Å². The van der Waals surface area contributed by atoms with Gasteiger partial charge in [0.1, 0.15) is 18.1 Å². The second kappa shape index (κ2) is 14.5. The Labute approximate surface area is 200 Å². The number of nitrogens with one attached hydrogen (secondary N) is 4. The smallest absolute Gasteiger partial charge is 0.326 e. The average Bonchev–Trinajstić information content (AvgIpc) is 3.30. The van der Waals surface area contributed by atoms with Crippen LogP contribution in [0.3, 0.4) is 0 Å². The molecular formula is C19H33N9O7. The van der Waals surface area contributed by atoms with Gasteiger partial charge in [-0.1, -0.05) is 0 Å². The summed E-state index contributed by atoms with van der Waals surface area (Å²) in [5, 5.41) is 35.6. The number of aliphatic imine (C=N–C) groups is 1. The summed E-state index contributed by atoms with van der Waals surface area (Å²) >= 11 is 0. The quantitative estimate of drug-likeness (QED) is 0.0620. The van der Waals surface area contributed by atoms with E-state index < -0.39 is 60.6 Å². The Bertz CT molecular complexity index is 872. The Balaban J connectivity index is 2.74. The van der Waals surface area contributed by atoms with E-state index in [9.17, 15) is 34.5 Å². The molecule has 196 valence electrons. The fourth-order valence-corrected chi connectivity index (χ4v) is 2.86. The van der Waals surface area contributed by atoms with Crippen molar-refractivity contribution >= 4 is 29.7 Å². The average molecular weight is 500 g/mol. The number of carboxylic acid groups (broad SMARTS) is 1. The molecule has 0 aliphatic rings. The summed E-state index contributed by atoms with van der Waals surface area (Å²) in [5.74, 6) is -4.17. The lowest BCUT2D eigenvalue weighted by Gasteiger charge is -2.25. The fraction of sp³-hybridized carbons (Fsp3) is 0.579. The Morgan fingerprint density at radius 3 is 2.29 bits per heavy atom. The first kappa shape index (κ1) is 29.3. The largest absolute Gasteiger partial charge is 0.480 e. The van der Waals surface area contributed by atoms with Crippen LogP contribution in [0.1, 0.15) is 25.5 Å². The van der Waals surface area contributed by atoms with Crippen molar-refractivity contribution in [1.29, 1.82) is 0 Å². The van der Waals surface area contributed by atoms with Crippen LogP contribution in [-0.2, 0) is 25.6 Å². The summed E-state index contributed by atoms with van der Waals surface area (Å²) in [6, 6.07) is -5.47. The van der Waals surface area contributed by atoms with Crippen LogP contribution in [0.15, 0.2) is 17.5 Å². The number of hydrogen-bond acceptors (Lipinski definition) is 9. The van der Waals surface area contributed by atoms with E-state index in [1.807, 2.05) is 0 Å². The van der Waals surface area contributed by atoms with E-state index in [4.69, 9.17) is 17.2 Å². The molecular weight excluding hydrogens is 466 g/mol. The molecule has 0 bridgehead atoms. The number of amides is 3. The number of hydrogen-bond donors (Lipinski definition) is 10. The van der Waals surface area contributed by atoms with Gasteiger partial charge >= 0.3 is 5.97 Å². The van der Waals surface area contributed by atoms with Gasteiger partial charge in [0.25, 0.3) is 0 Å². The minimum Gasteiger partial charge on any atom is -0.480 e. The number of carbonyl (C=O) groups excluding carboxylic acids is 3. The van der Waals surface area contributed by atoms with Crippen LogP contribution in [0.25, 0.3) is 0 Å². The standard InChI is InChI=1S/C19H33N9O7/c1-9(30)14(17(33)26-12(18(34)35)5-10-6-23-8-25-10)28-16(32)13(7-29)27-15(31)11(20)3-2-4-24-19(21)22/h6,8-9,11-14,29-30H,2-5,7,20H2,1H3,(H,23,25)(H,26,33)(H,27,31)(H,28,32)(H,34,35)(H4,21,22,24). The molecule has 0 aliphatic heterocycles. The third kappa shape index (κ3) is 10.4. The van der Waals surface area contributed by atoms with Crippen molar-refractivity contribution in [2.24, 2.45) is 22.2 Å². The van der Waals surface area contributed by atoms with Crippen LogP contribution in [-0.4, -0.2) is 98.4 Å². The number of aliphatic carboxylic acids is 1. The predicted octanol–water partition coefficient (Wildman–Crippen LogP) is -4.75. The molecule has 0 aliphatic carbocycles. The molecule has 16 nitrogen and oxygen atoms in total. The molecule has 1 rings (SSSR count). The number of aromatic nitrogens is 2. The lowest BCUT2D eigenvalue weighted by molar-refractivity contribution is -0.143. The molecule has 16 heteroatoms. The Morgan fingerprint density at radius 2 is 1.77 bits per heavy atom. The Kier molecular flexibility index (Phi) is 12.1. The molecule has 0 radical (unpaired) electrons. The van der Waals surface area contributed by atoms with Crippen molar-refractivity contribution < 1.29 is 34.5 Å². The molecule has 1 aromatic heterocycles. The molecule has 0 saturated carbocycles. The molecule has 35 heavy (non-hydrogen) atoms. The molecule has 3 amide bonds. The van der Waals surface area contributed by atoms with Gasteiger partial charge < -0.3 is 53.5 Å². The number of carbonyl (C=O) groups is 4. The SMILES string of the molecule is CC(O)C(NC(=O)C(CO)NC(=O)C(N)CCCN=C(N)N)C(=O)NC(Cc1cnc[nH]1)C(=O)O. The summed E-state index contributed by atoms with van der Waals surface area (Å²) < 4.78 is 0. The van der Waals surface area contributed by atoms with Gasteiger partial charge in [-0.05, 0) is 19.8 Å². The number of rotatable bonds is 15. The molecule has 1 aromatic rings. The molecule has 1 heterocycles. The highest BCUT2D eigenvalue weighted by molar-refractivity contribution is 5.94. The zero-order valence-electron chi connectivity index (χ0n) is 19.2. The van der Waals surface area contributed by atoms with Gasteiger partial charge in [-0.15, -0.1) is 0 Å². The number of imidazole rings is 1. The molecule has 5 unspecified atom stereocenters. The zero-order valence-corrected chi connectivity index (χ0v) is 19.2. The van der Waals surface area contributed by atoms with Crippen LogP contribution < -0.4 is 33.2 Å². The van der Waals surface area contributed by atoms with Gasteiger partial charge in [0.2, 0.25) is 17.7 Å². The second-order valence-corrected chi connectivity index (χ2v) is 7.71. The first-order chi connectivity index (χ1) is 16.5. The van der Waals surface area contributed by atoms with E-state index in [1.165, 1.54) is 19.4 Å². The Hall–Kier alpha value is -3.76. The highest BCUT2D eigenvalue weighted by Gasteiger charge is 2.32. The molecule has 0 fully saturated rings. The summed E-state index contributed by atoms with van der Waals surface area (Å²) in [6.45, 7) is 0.619. The first-order valence-corrected chi connectivity index (χ1v) is 10.7. The van der Waals surface area contributed by atoms with Crippen molar-refractivity contribution in [3.63, 3.8) is 0 Å². The van der Waals surface area contributed by atoms with Gasteiger partial charge in [0.15, 0.2) is 5.96 Å². The Morgan fingerprint density at radius 1 is 1.11 bits per heavy atom. The van der Waals surface area contributed by atoms with Crippen molar-refractivity contribution in [2.45, 2.75) is 56.5 Å². The number of H-pyrrole nitrogens is 1. The monoisotopic (exact) mass is 499 g/mol. The first-order valence-electron chi connectivity index (χ1n) is 10.7. The maximum Gasteiger partial charge on any atom is 0.326 e. The molecule has 13 N–H and O–H groups in total. The highest BCUT2D eigenvalue weighted by atomic mass is 16.4. The molecule has 0 spiro atoms. The topological polar surface area (TPSA) is 284 Å². The van der Waals surface area contributed by atoms with Crippen LogP contribution >= 0.6 is 0 Å². The molecule has 0 aromatic carbocycles. The van der Waals surface area contributed by atoms with E-state index >= 15 is 0 Å². The predicted molar refractivity (Wildman–Crippen MR) is 122 cm³/mol. The molecule has 5 atom stereocenters. The zero-order chi connectivity index (χ0) is 26.5. The summed E-state index contributed by atoms with van der Waals surface area (Å²) in [6.07, 6.45) is 1.74. The van der Waals surface area contributed by atoms with Crippen LogP contribution in [0.4, 0.5) is 0 Å². The van der Waals surface area contributed by atoms with E-state index in [0.29, 0.717) is 12.1 Å². The third-order valence-corrected chi connectivity index (χ3v) is 4.78. The summed E-state index contributed by atoms with van der Waals surface area (Å²) in [4.78, 5) is 59.2. The lowest BCUT2D eigenvalue weighted by atomic mass is 10.1. The maximum atomic E-state index is 12.6. The van der Waals surface area contributed by atoms with Crippen LogP contribution in [0.5, 0.6) is 0 Å². The van der Waals surface area contributed by atoms with Gasteiger partial charge in [-0.2, -0.15) is 0 Å². The van der Waals surface area contributed by atoms with Crippen molar-refractivity contribution in [3.8, 4) is 0 Å². The highest BCUT2D eigenvalue weighted by Crippen LogP contribution is 2.03. The number of aliphatic hydroxyl groups is 2. The van der Waals surface area contributed by atoms with Gasteiger partial charge in [0, 0.05) is 24.9 Å². The van der Waals surface area contributed by atoms with Crippen molar-refractivity contribution in [3.05, 3.63) is 18.2 Å². The van der Waals surface area contributed by atoms with Gasteiger partial charge in [-0.25, -0.2) is 9.78 Å². The summed E-state index contributed by atoms with van der Waals surface area (Å²) in [5.41, 5.74) is 16.6. The maximum absolute atomic E-state index is 12.6. The fourth-order valence-electron chi connectivity index (χ4n) is 2.86. The second-order valence-electron chi connectivity index (χ2n) is 7.71. The van der Waals surface area contributed by atoms with Crippen molar-refractivity contribution in [1.82, 2.24) is 25.9 Å². The number of nitrogens with two attached hydrogens (primary N) is 3. The van der Waals surface area contributed by atoms with Crippen LogP contribution in [0.2, 0.25) is 0 Å². The minimum absolute atomic E-state index is 0.104. The minimum atomic E-state index is -1.58. The number of aliphatic hydroxyl groups excluding tert-OH is 2. The number of guanidine groups is 1. The van der Waals surface area contributed by atoms with E-state index in [1.54, 1.807) is 0 Å². The van der Waals surface area contributed by atoms with Gasteiger partial charge in [-0.3, -0.25) is 19.4 Å². The number of aromatic amines is 1. The lowest BCUT2D eigenvalue weighted by Crippen LogP contribution is -2.60. The third-order valence-electron chi connectivity index (χ3n) is 4.78. The normalized spacial score (nSPS) is 15.1.